The number of piperidine rings is 1. The van der Waals surface area contributed by atoms with Crippen molar-refractivity contribution in [3.63, 3.8) is 0 Å². The number of rotatable bonds is 3. The molecule has 0 bridgehead atoms. The Kier molecular flexibility index (Phi) is 4.84. The van der Waals surface area contributed by atoms with Gasteiger partial charge in [-0.2, -0.15) is 0 Å². The van der Waals surface area contributed by atoms with Crippen molar-refractivity contribution in [2.45, 2.75) is 19.8 Å². The van der Waals surface area contributed by atoms with Gasteiger partial charge >= 0.3 is 6.03 Å². The minimum atomic E-state index is -0.101. The first-order valence-electron chi connectivity index (χ1n) is 6.95. The lowest BCUT2D eigenvalue weighted by atomic mass is 9.99. The number of ether oxygens (including phenoxy) is 1. The number of amides is 2. The maximum atomic E-state index is 12.2. The Bertz CT molecular complexity index is 476. The Hall–Kier alpha value is -1.75. The van der Waals surface area contributed by atoms with E-state index in [2.05, 4.69) is 5.32 Å². The lowest BCUT2D eigenvalue weighted by Gasteiger charge is -2.32. The summed E-state index contributed by atoms with van der Waals surface area (Å²) in [5.74, 6) is 0.977. The van der Waals surface area contributed by atoms with Crippen LogP contribution in [-0.4, -0.2) is 42.8 Å². The fourth-order valence-electron chi connectivity index (χ4n) is 2.50. The Labute approximate surface area is 119 Å². The first-order valence-corrected chi connectivity index (χ1v) is 6.95. The molecule has 0 unspecified atom stereocenters. The van der Waals surface area contributed by atoms with Crippen molar-refractivity contribution < 1.29 is 14.6 Å². The molecule has 1 aliphatic heterocycles. The van der Waals surface area contributed by atoms with E-state index in [-0.39, 0.29) is 18.6 Å². The molecule has 1 aromatic rings. The van der Waals surface area contributed by atoms with Crippen molar-refractivity contribution in [3.8, 4) is 5.75 Å². The molecule has 0 aromatic heterocycles. The molecule has 5 heteroatoms. The quantitative estimate of drug-likeness (QED) is 0.891. The summed E-state index contributed by atoms with van der Waals surface area (Å²) < 4.78 is 5.15. The van der Waals surface area contributed by atoms with Crippen LogP contribution in [0.5, 0.6) is 5.75 Å². The third kappa shape index (κ3) is 3.42. The zero-order valence-electron chi connectivity index (χ0n) is 12.1. The van der Waals surface area contributed by atoms with E-state index in [1.807, 2.05) is 25.1 Å². The largest absolute Gasteiger partial charge is 0.497 e. The zero-order chi connectivity index (χ0) is 14.5. The predicted octanol–water partition coefficient (Wildman–Crippen LogP) is 2.24. The highest BCUT2D eigenvalue weighted by atomic mass is 16.5. The highest BCUT2D eigenvalue weighted by Gasteiger charge is 2.23. The second kappa shape index (κ2) is 6.61. The number of nitrogens with one attached hydrogen (secondary N) is 1. The minimum Gasteiger partial charge on any atom is -0.497 e. The van der Waals surface area contributed by atoms with Crippen LogP contribution < -0.4 is 10.1 Å². The van der Waals surface area contributed by atoms with Gasteiger partial charge in [0.05, 0.1) is 7.11 Å². The van der Waals surface area contributed by atoms with Gasteiger partial charge in [-0.3, -0.25) is 0 Å². The molecule has 1 aliphatic rings. The summed E-state index contributed by atoms with van der Waals surface area (Å²) in [6.45, 7) is 3.45. The van der Waals surface area contributed by atoms with E-state index < -0.39 is 0 Å². The van der Waals surface area contributed by atoms with Crippen molar-refractivity contribution >= 4 is 11.7 Å². The molecular formula is C15H22N2O3. The molecule has 1 heterocycles. The average molecular weight is 278 g/mol. The Morgan fingerprint density at radius 2 is 2.35 bits per heavy atom. The van der Waals surface area contributed by atoms with Crippen LogP contribution in [0.4, 0.5) is 10.5 Å². The number of likely N-dealkylation sites (tertiary alicyclic amines) is 1. The third-order valence-corrected chi connectivity index (χ3v) is 3.74. The van der Waals surface area contributed by atoms with Crippen molar-refractivity contribution in [1.29, 1.82) is 0 Å². The molecule has 2 amide bonds. The first kappa shape index (κ1) is 14.7. The molecule has 0 saturated carbocycles. The SMILES string of the molecule is COc1ccc(NC(=O)N2CCC[C@H](CO)C2)c(C)c1. The van der Waals surface area contributed by atoms with Crippen LogP contribution in [0.15, 0.2) is 18.2 Å². The number of aryl methyl sites for hydroxylation is 1. The minimum absolute atomic E-state index is 0.101. The van der Waals surface area contributed by atoms with Crippen LogP contribution in [0.3, 0.4) is 0 Å². The first-order chi connectivity index (χ1) is 9.63. The van der Waals surface area contributed by atoms with Crippen LogP contribution in [0.25, 0.3) is 0 Å². The molecule has 0 spiro atoms. The van der Waals surface area contributed by atoms with Gasteiger partial charge in [0.25, 0.3) is 0 Å². The Balaban J connectivity index is 2.00. The van der Waals surface area contributed by atoms with E-state index in [1.54, 1.807) is 12.0 Å². The topological polar surface area (TPSA) is 61.8 Å². The van der Waals surface area contributed by atoms with Gasteiger partial charge in [-0.1, -0.05) is 0 Å². The highest BCUT2D eigenvalue weighted by molar-refractivity contribution is 5.90. The van der Waals surface area contributed by atoms with Gasteiger partial charge in [0.1, 0.15) is 5.75 Å². The highest BCUT2D eigenvalue weighted by Crippen LogP contribution is 2.22. The second-order valence-corrected chi connectivity index (χ2v) is 5.25. The molecule has 110 valence electrons. The van der Waals surface area contributed by atoms with Crippen LogP contribution in [0.1, 0.15) is 18.4 Å². The lowest BCUT2D eigenvalue weighted by molar-refractivity contribution is 0.136. The number of carbonyl (C=O) groups is 1. The average Bonchev–Trinajstić information content (AvgIpc) is 2.49. The number of nitrogens with zero attached hydrogens (tertiary/aromatic N) is 1. The molecule has 2 rings (SSSR count). The second-order valence-electron chi connectivity index (χ2n) is 5.25. The van der Waals surface area contributed by atoms with E-state index in [4.69, 9.17) is 4.74 Å². The lowest BCUT2D eigenvalue weighted by Crippen LogP contribution is -2.43. The molecule has 1 atom stereocenters. The molecule has 0 radical (unpaired) electrons. The number of benzene rings is 1. The van der Waals surface area contributed by atoms with Gasteiger partial charge < -0.3 is 20.1 Å². The van der Waals surface area contributed by atoms with E-state index in [0.717, 1.165) is 36.4 Å². The van der Waals surface area contributed by atoms with Crippen molar-refractivity contribution in [2.24, 2.45) is 5.92 Å². The van der Waals surface area contributed by atoms with Gasteiger partial charge in [-0.25, -0.2) is 4.79 Å². The van der Waals surface area contributed by atoms with E-state index >= 15 is 0 Å². The maximum absolute atomic E-state index is 12.2. The fourth-order valence-corrected chi connectivity index (χ4v) is 2.50. The Morgan fingerprint density at radius 3 is 3.00 bits per heavy atom. The number of urea groups is 1. The number of methoxy groups -OCH3 is 1. The Morgan fingerprint density at radius 1 is 1.55 bits per heavy atom. The van der Waals surface area contributed by atoms with Gasteiger partial charge in [0, 0.05) is 25.4 Å². The summed E-state index contributed by atoms with van der Waals surface area (Å²) >= 11 is 0. The molecule has 1 saturated heterocycles. The van der Waals surface area contributed by atoms with Gasteiger partial charge in [-0.05, 0) is 49.4 Å². The summed E-state index contributed by atoms with van der Waals surface area (Å²) in [7, 11) is 1.62. The standard InChI is InChI=1S/C15H22N2O3/c1-11-8-13(20-2)5-6-14(11)16-15(19)17-7-3-4-12(9-17)10-18/h5-6,8,12,18H,3-4,7,9-10H2,1-2H3,(H,16,19)/t12-/m0/s1. The monoisotopic (exact) mass is 278 g/mol. The zero-order valence-corrected chi connectivity index (χ0v) is 12.1. The van der Waals surface area contributed by atoms with Gasteiger partial charge in [-0.15, -0.1) is 0 Å². The summed E-state index contributed by atoms with van der Waals surface area (Å²) in [5.41, 5.74) is 1.76. The van der Waals surface area contributed by atoms with Crippen molar-refractivity contribution in [3.05, 3.63) is 23.8 Å². The number of aliphatic hydroxyl groups excluding tert-OH is 1. The van der Waals surface area contributed by atoms with Crippen LogP contribution >= 0.6 is 0 Å². The maximum Gasteiger partial charge on any atom is 0.321 e. The fraction of sp³-hybridized carbons (Fsp3) is 0.533. The van der Waals surface area contributed by atoms with Crippen LogP contribution in [0, 0.1) is 12.8 Å². The molecule has 0 aliphatic carbocycles. The summed E-state index contributed by atoms with van der Waals surface area (Å²) in [6.07, 6.45) is 1.93. The van der Waals surface area contributed by atoms with Crippen molar-refractivity contribution in [1.82, 2.24) is 4.90 Å². The summed E-state index contributed by atoms with van der Waals surface area (Å²) in [4.78, 5) is 14.0. The van der Waals surface area contributed by atoms with Crippen molar-refractivity contribution in [2.75, 3.05) is 32.1 Å². The summed E-state index contributed by atoms with van der Waals surface area (Å²) in [6, 6.07) is 5.47. The smallest absolute Gasteiger partial charge is 0.321 e. The molecule has 1 aromatic carbocycles. The molecular weight excluding hydrogens is 256 g/mol. The summed E-state index contributed by atoms with van der Waals surface area (Å²) in [5, 5.41) is 12.1. The number of anilines is 1. The molecule has 2 N–H and O–H groups in total. The molecule has 1 fully saturated rings. The number of hydrogen-bond donors (Lipinski definition) is 2. The third-order valence-electron chi connectivity index (χ3n) is 3.74. The number of aliphatic hydroxyl groups is 1. The van der Waals surface area contributed by atoms with E-state index in [9.17, 15) is 9.90 Å². The van der Waals surface area contributed by atoms with E-state index in [0.29, 0.717) is 6.54 Å². The van der Waals surface area contributed by atoms with E-state index in [1.165, 1.54) is 0 Å². The van der Waals surface area contributed by atoms with Gasteiger partial charge in [0.15, 0.2) is 0 Å². The predicted molar refractivity (Wildman–Crippen MR) is 78.1 cm³/mol. The normalized spacial score (nSPS) is 18.8. The molecule has 5 nitrogen and oxygen atoms in total. The van der Waals surface area contributed by atoms with Crippen LogP contribution in [-0.2, 0) is 0 Å². The number of hydrogen-bond acceptors (Lipinski definition) is 3. The molecule has 20 heavy (non-hydrogen) atoms. The van der Waals surface area contributed by atoms with Gasteiger partial charge in [0.2, 0.25) is 0 Å². The van der Waals surface area contributed by atoms with Crippen LogP contribution in [0.2, 0.25) is 0 Å². The number of carbonyl (C=O) groups excluding carboxylic acids is 1.